The van der Waals surface area contributed by atoms with E-state index in [2.05, 4.69) is 13.8 Å². The Morgan fingerprint density at radius 1 is 1.19 bits per heavy atom. The summed E-state index contributed by atoms with van der Waals surface area (Å²) in [4.78, 5) is 15.7. The minimum atomic E-state index is -3.53. The summed E-state index contributed by atoms with van der Waals surface area (Å²) >= 11 is 1.23. The molecule has 168 valence electrons. The number of amides is 1. The van der Waals surface area contributed by atoms with Crippen LogP contribution in [0.15, 0.2) is 52.1 Å². The van der Waals surface area contributed by atoms with Crippen molar-refractivity contribution in [2.45, 2.75) is 43.5 Å². The highest BCUT2D eigenvalue weighted by Gasteiger charge is 2.50. The highest BCUT2D eigenvalue weighted by atomic mass is 32.3. The van der Waals surface area contributed by atoms with E-state index in [9.17, 15) is 13.6 Å². The summed E-state index contributed by atoms with van der Waals surface area (Å²) in [6, 6.07) is 12.8. The fourth-order valence-electron chi connectivity index (χ4n) is 4.98. The zero-order chi connectivity index (χ0) is 22.6. The van der Waals surface area contributed by atoms with Crippen molar-refractivity contribution in [1.82, 2.24) is 19.0 Å². The first-order valence-corrected chi connectivity index (χ1v) is 13.1. The fraction of sp³-hybridized carbons (Fsp3) is 0.391. The van der Waals surface area contributed by atoms with Gasteiger partial charge in [0.15, 0.2) is 10.4 Å². The zero-order valence-electron chi connectivity index (χ0n) is 18.3. The van der Waals surface area contributed by atoms with Crippen molar-refractivity contribution < 1.29 is 13.6 Å². The molecular formula is C23H26N4O3S2. The fourth-order valence-corrected chi connectivity index (χ4v) is 7.62. The molecule has 3 aromatic rings. The van der Waals surface area contributed by atoms with Gasteiger partial charge in [0.25, 0.3) is 5.91 Å². The van der Waals surface area contributed by atoms with E-state index in [0.29, 0.717) is 29.4 Å². The van der Waals surface area contributed by atoms with E-state index in [1.807, 2.05) is 42.2 Å². The van der Waals surface area contributed by atoms with Gasteiger partial charge in [0, 0.05) is 18.2 Å². The van der Waals surface area contributed by atoms with E-state index in [-0.39, 0.29) is 23.9 Å². The van der Waals surface area contributed by atoms with Crippen LogP contribution < -0.4 is 0 Å². The second kappa shape index (κ2) is 7.91. The Hall–Kier alpha value is -2.33. The summed E-state index contributed by atoms with van der Waals surface area (Å²) in [5.41, 5.74) is 3.27. The van der Waals surface area contributed by atoms with E-state index in [1.165, 1.54) is 15.6 Å². The number of sulfonamides is 1. The Bertz CT molecular complexity index is 1190. The van der Waals surface area contributed by atoms with Gasteiger partial charge >= 0.3 is 0 Å². The molecule has 1 saturated heterocycles. The first kappa shape index (κ1) is 21.5. The van der Waals surface area contributed by atoms with Crippen molar-refractivity contribution in [3.8, 4) is 5.69 Å². The van der Waals surface area contributed by atoms with Crippen molar-refractivity contribution in [3.05, 3.63) is 64.8 Å². The molecule has 32 heavy (non-hydrogen) atoms. The average Bonchev–Trinajstić information content (AvgIpc) is 3.54. The second-order valence-electron chi connectivity index (χ2n) is 8.73. The minimum Gasteiger partial charge on any atom is -0.592 e. The molecular weight excluding hydrogens is 444 g/mol. The van der Waals surface area contributed by atoms with Gasteiger partial charge in [0.1, 0.15) is 5.69 Å². The smallest absolute Gasteiger partial charge is 0.273 e. The predicted octanol–water partition coefficient (Wildman–Crippen LogP) is 4.07. The molecule has 5 rings (SSSR count). The van der Waals surface area contributed by atoms with Crippen LogP contribution in [-0.4, -0.2) is 48.6 Å². The molecule has 1 fully saturated rings. The van der Waals surface area contributed by atoms with Crippen LogP contribution >= 0.6 is 11.3 Å². The van der Waals surface area contributed by atoms with E-state index in [1.54, 1.807) is 22.2 Å². The largest absolute Gasteiger partial charge is 0.592 e. The van der Waals surface area contributed by atoms with Gasteiger partial charge in [0.2, 0.25) is 4.21 Å². The summed E-state index contributed by atoms with van der Waals surface area (Å²) in [6.45, 7) is 6.90. The van der Waals surface area contributed by atoms with Gasteiger partial charge in [0.05, 0.1) is 30.0 Å². The summed E-state index contributed by atoms with van der Waals surface area (Å²) < 4.78 is 29.7. The third-order valence-corrected chi connectivity index (χ3v) is 9.62. The first-order chi connectivity index (χ1) is 15.3. The normalized spacial score (nSPS) is 23.2. The van der Waals surface area contributed by atoms with Crippen molar-refractivity contribution in [2.75, 3.05) is 13.1 Å². The van der Waals surface area contributed by atoms with Gasteiger partial charge in [-0.2, -0.15) is 5.10 Å². The summed E-state index contributed by atoms with van der Waals surface area (Å²) in [5, 5.41) is 6.47. The molecule has 2 aliphatic heterocycles. The molecule has 4 heterocycles. The number of hydrogen-bond acceptors (Lipinski definition) is 5. The highest BCUT2D eigenvalue weighted by molar-refractivity contribution is 7.97. The number of carbonyl (C=O) groups is 1. The maximum absolute atomic E-state index is 13.8. The Morgan fingerprint density at radius 3 is 2.59 bits per heavy atom. The monoisotopic (exact) mass is 470 g/mol. The van der Waals surface area contributed by atoms with Crippen LogP contribution in [0.1, 0.15) is 48.1 Å². The van der Waals surface area contributed by atoms with Gasteiger partial charge in [-0.25, -0.2) is 4.68 Å². The van der Waals surface area contributed by atoms with Gasteiger partial charge in [-0.05, 0) is 42.8 Å². The number of hydrogen-bond donors (Lipinski definition) is 0. The van der Waals surface area contributed by atoms with Crippen LogP contribution in [0, 0.1) is 12.8 Å². The predicted molar refractivity (Wildman–Crippen MR) is 123 cm³/mol. The van der Waals surface area contributed by atoms with E-state index < -0.39 is 10.4 Å². The first-order valence-electron chi connectivity index (χ1n) is 10.8. The summed E-state index contributed by atoms with van der Waals surface area (Å²) in [5.74, 6) is 0.110. The zero-order valence-corrected chi connectivity index (χ0v) is 19.9. The Kier molecular flexibility index (Phi) is 5.32. The van der Waals surface area contributed by atoms with Gasteiger partial charge < -0.3 is 9.45 Å². The maximum Gasteiger partial charge on any atom is 0.273 e. The quantitative estimate of drug-likeness (QED) is 0.526. The summed E-state index contributed by atoms with van der Waals surface area (Å²) in [6.07, 6.45) is 0.627. The van der Waals surface area contributed by atoms with Crippen molar-refractivity contribution >= 4 is 27.6 Å². The third-order valence-electron chi connectivity index (χ3n) is 6.38. The number of nitrogens with zero attached hydrogens (tertiary/aromatic N) is 4. The van der Waals surface area contributed by atoms with E-state index in [0.717, 1.165) is 16.9 Å². The van der Waals surface area contributed by atoms with Gasteiger partial charge in [-0.15, -0.1) is 4.31 Å². The van der Waals surface area contributed by atoms with Crippen LogP contribution in [0.3, 0.4) is 0 Å². The van der Waals surface area contributed by atoms with Crippen molar-refractivity contribution in [1.29, 1.82) is 0 Å². The molecule has 0 radical (unpaired) electrons. The number of aryl methyl sites for hydroxylation is 1. The SMILES string of the molecule is Cc1nn(-c2ccccc2)c2c1C(C(C)C)N(C1CCN([S+](=O)([O-])c3cccs3)C1)C2=O. The molecule has 0 aliphatic carbocycles. The van der Waals surface area contributed by atoms with Gasteiger partial charge in [-0.1, -0.05) is 47.6 Å². The highest BCUT2D eigenvalue weighted by Crippen LogP contribution is 2.44. The third kappa shape index (κ3) is 3.26. The molecule has 0 saturated carbocycles. The molecule has 7 nitrogen and oxygen atoms in total. The molecule has 0 spiro atoms. The number of thiophene rings is 1. The van der Waals surface area contributed by atoms with Crippen LogP contribution in [0.25, 0.3) is 5.69 Å². The molecule has 0 N–H and O–H groups in total. The average molecular weight is 471 g/mol. The van der Waals surface area contributed by atoms with Crippen LogP contribution in [0.5, 0.6) is 0 Å². The number of carbonyl (C=O) groups excluding carboxylic acids is 1. The molecule has 0 bridgehead atoms. The number of rotatable bonds is 5. The Labute approximate surface area is 193 Å². The number of benzene rings is 1. The Balaban J connectivity index is 1.50. The topological polar surface area (TPSA) is 81.5 Å². The van der Waals surface area contributed by atoms with Crippen LogP contribution in [0.4, 0.5) is 0 Å². The standard InChI is InChI=1S/C23H26N4O3S2/c1-15(2)21-20-16(3)24-27(17-8-5-4-6-9-17)22(20)23(28)26(21)18-11-12-25(14-18)32(29,30)19-10-7-13-31-19/h4-10,13,15,18,21H,11-12,14H2,1-3H3. The van der Waals surface area contributed by atoms with Gasteiger partial charge in [-0.3, -0.25) is 4.79 Å². The van der Waals surface area contributed by atoms with Crippen LogP contribution in [-0.2, 0) is 14.6 Å². The van der Waals surface area contributed by atoms with Crippen molar-refractivity contribution in [3.63, 3.8) is 0 Å². The van der Waals surface area contributed by atoms with E-state index in [4.69, 9.17) is 5.10 Å². The summed E-state index contributed by atoms with van der Waals surface area (Å²) in [7, 11) is -3.53. The molecule has 2 aromatic heterocycles. The number of aromatic nitrogens is 2. The molecule has 2 aliphatic rings. The van der Waals surface area contributed by atoms with Crippen molar-refractivity contribution in [2.24, 2.45) is 5.92 Å². The lowest BCUT2D eigenvalue weighted by atomic mass is 9.95. The molecule has 1 amide bonds. The second-order valence-corrected chi connectivity index (χ2v) is 11.8. The molecule has 3 atom stereocenters. The number of fused-ring (bicyclic) bond motifs is 1. The molecule has 9 heteroatoms. The molecule has 1 aromatic carbocycles. The van der Waals surface area contributed by atoms with E-state index >= 15 is 0 Å². The lowest BCUT2D eigenvalue weighted by Gasteiger charge is -2.33. The number of para-hydroxylation sites is 1. The molecule has 3 unspecified atom stereocenters. The Morgan fingerprint density at radius 2 is 1.94 bits per heavy atom. The lowest BCUT2D eigenvalue weighted by molar-refractivity contribution is 0.0572. The lowest BCUT2D eigenvalue weighted by Crippen LogP contribution is -2.43. The maximum atomic E-state index is 13.8. The minimum absolute atomic E-state index is 0.0662. The van der Waals surface area contributed by atoms with Crippen LogP contribution in [0.2, 0.25) is 0 Å².